The van der Waals surface area contributed by atoms with Crippen molar-refractivity contribution in [1.82, 2.24) is 5.32 Å². The SMILES string of the molecule is O=C(O[C@@H]1[C@@H](OC(=O)c2ccccc2)[C@@H](NC(=O)C(Cl)(Cl)Cl)OC[C@H]1OC(=O)c1ccccc1)c1ccccc1. The van der Waals surface area contributed by atoms with Crippen molar-refractivity contribution in [3.8, 4) is 0 Å². The second-order valence-electron chi connectivity index (χ2n) is 8.51. The molecule has 0 saturated carbocycles. The highest BCUT2D eigenvalue weighted by Crippen LogP contribution is 2.29. The predicted molar refractivity (Wildman–Crippen MR) is 145 cm³/mol. The minimum Gasteiger partial charge on any atom is -0.452 e. The summed E-state index contributed by atoms with van der Waals surface area (Å²) in [6.07, 6.45) is -5.67. The Balaban J connectivity index is 1.68. The first kappa shape index (κ1) is 29.4. The van der Waals surface area contributed by atoms with Crippen LogP contribution in [0.1, 0.15) is 31.1 Å². The smallest absolute Gasteiger partial charge is 0.338 e. The number of amides is 1. The van der Waals surface area contributed by atoms with Crippen LogP contribution in [0.15, 0.2) is 91.0 Å². The van der Waals surface area contributed by atoms with E-state index < -0.39 is 52.1 Å². The van der Waals surface area contributed by atoms with E-state index in [1.165, 1.54) is 36.4 Å². The van der Waals surface area contributed by atoms with Crippen LogP contribution in [-0.2, 0) is 23.7 Å². The molecule has 1 heterocycles. The molecule has 0 unspecified atom stereocenters. The Morgan fingerprint density at radius 1 is 0.650 bits per heavy atom. The van der Waals surface area contributed by atoms with Gasteiger partial charge in [0.1, 0.15) is 0 Å². The number of halogens is 3. The van der Waals surface area contributed by atoms with E-state index in [0.717, 1.165) is 0 Å². The number of hydrogen-bond acceptors (Lipinski definition) is 8. The van der Waals surface area contributed by atoms with Gasteiger partial charge in [0, 0.05) is 0 Å². The van der Waals surface area contributed by atoms with Crippen molar-refractivity contribution in [2.45, 2.75) is 28.3 Å². The predicted octanol–water partition coefficient (Wildman–Crippen LogP) is 4.51. The van der Waals surface area contributed by atoms with Crippen molar-refractivity contribution in [3.05, 3.63) is 108 Å². The van der Waals surface area contributed by atoms with Crippen molar-refractivity contribution in [3.63, 3.8) is 0 Å². The fourth-order valence-electron chi connectivity index (χ4n) is 3.79. The van der Waals surface area contributed by atoms with E-state index >= 15 is 0 Å². The number of carbonyl (C=O) groups excluding carboxylic acids is 4. The number of alkyl halides is 3. The number of benzene rings is 3. The lowest BCUT2D eigenvalue weighted by Gasteiger charge is -2.41. The van der Waals surface area contributed by atoms with E-state index in [-0.39, 0.29) is 23.3 Å². The molecule has 0 spiro atoms. The quantitative estimate of drug-likeness (QED) is 0.237. The van der Waals surface area contributed by atoms with Crippen molar-refractivity contribution in [2.75, 3.05) is 6.61 Å². The van der Waals surface area contributed by atoms with E-state index in [1.54, 1.807) is 54.6 Å². The van der Waals surface area contributed by atoms with Crippen LogP contribution < -0.4 is 5.32 Å². The summed E-state index contributed by atoms with van der Waals surface area (Å²) >= 11 is 17.2. The molecule has 0 aliphatic carbocycles. The number of esters is 3. The lowest BCUT2D eigenvalue weighted by Crippen LogP contribution is -2.63. The van der Waals surface area contributed by atoms with Crippen LogP contribution in [-0.4, -0.2) is 58.8 Å². The molecule has 9 nitrogen and oxygen atoms in total. The summed E-state index contributed by atoms with van der Waals surface area (Å²) in [5.74, 6) is -3.47. The van der Waals surface area contributed by atoms with Crippen molar-refractivity contribution >= 4 is 58.6 Å². The molecule has 1 N–H and O–H groups in total. The number of nitrogens with one attached hydrogen (secondary N) is 1. The molecule has 1 fully saturated rings. The normalized spacial score (nSPS) is 20.6. The Bertz CT molecular complexity index is 1340. The Morgan fingerprint density at radius 3 is 1.48 bits per heavy atom. The van der Waals surface area contributed by atoms with Gasteiger partial charge in [-0.1, -0.05) is 89.4 Å². The highest BCUT2D eigenvalue weighted by atomic mass is 35.6. The third kappa shape index (κ3) is 7.51. The Hall–Kier alpha value is -3.63. The monoisotopic (exact) mass is 605 g/mol. The average molecular weight is 607 g/mol. The first-order valence-corrected chi connectivity index (χ1v) is 13.0. The molecular weight excluding hydrogens is 585 g/mol. The van der Waals surface area contributed by atoms with Gasteiger partial charge >= 0.3 is 17.9 Å². The van der Waals surface area contributed by atoms with E-state index in [0.29, 0.717) is 0 Å². The third-order valence-corrected chi connectivity index (χ3v) is 6.25. The minimum atomic E-state index is -2.38. The number of ether oxygens (including phenoxy) is 4. The maximum absolute atomic E-state index is 13.1. The summed E-state index contributed by atoms with van der Waals surface area (Å²) in [5, 5.41) is 2.35. The molecule has 1 aliphatic heterocycles. The summed E-state index contributed by atoms with van der Waals surface area (Å²) in [5.41, 5.74) is 0.558. The van der Waals surface area contributed by atoms with E-state index in [2.05, 4.69) is 5.32 Å². The molecule has 12 heteroatoms. The first-order valence-electron chi connectivity index (χ1n) is 11.9. The molecule has 3 aromatic carbocycles. The maximum Gasteiger partial charge on any atom is 0.338 e. The van der Waals surface area contributed by atoms with E-state index in [1.807, 2.05) is 0 Å². The second-order valence-corrected chi connectivity index (χ2v) is 10.8. The van der Waals surface area contributed by atoms with Crippen LogP contribution in [0.25, 0.3) is 0 Å². The standard InChI is InChI=1S/C28H22Cl3NO8/c29-28(30,31)27(36)32-23-22(40-26(35)19-14-8-3-9-15-19)21(39-25(34)18-12-6-2-7-13-18)20(16-37-23)38-24(33)17-10-4-1-5-11-17/h1-15,20-23H,16H2,(H,32,36)/t20-,21+,22-,23+/m1/s1. The molecule has 40 heavy (non-hydrogen) atoms. The largest absolute Gasteiger partial charge is 0.452 e. The summed E-state index contributed by atoms with van der Waals surface area (Å²) in [4.78, 5) is 51.6. The van der Waals surface area contributed by atoms with Gasteiger partial charge in [-0.2, -0.15) is 0 Å². The van der Waals surface area contributed by atoms with Gasteiger partial charge in [-0.05, 0) is 36.4 Å². The van der Waals surface area contributed by atoms with Gasteiger partial charge in [0.25, 0.3) is 9.70 Å². The molecule has 3 aromatic rings. The molecule has 1 amide bonds. The Labute approximate surface area is 244 Å². The van der Waals surface area contributed by atoms with Crippen LogP contribution in [0, 0.1) is 0 Å². The fraction of sp³-hybridized carbons (Fsp3) is 0.214. The highest BCUT2D eigenvalue weighted by molar-refractivity contribution is 6.76. The topological polar surface area (TPSA) is 117 Å². The zero-order valence-corrected chi connectivity index (χ0v) is 22.8. The third-order valence-electron chi connectivity index (χ3n) is 5.73. The van der Waals surface area contributed by atoms with Gasteiger partial charge < -0.3 is 24.3 Å². The van der Waals surface area contributed by atoms with Gasteiger partial charge in [-0.3, -0.25) is 4.79 Å². The zero-order valence-electron chi connectivity index (χ0n) is 20.6. The lowest BCUT2D eigenvalue weighted by atomic mass is 10.0. The van der Waals surface area contributed by atoms with Gasteiger partial charge in [0.05, 0.1) is 23.3 Å². The molecule has 0 radical (unpaired) electrons. The average Bonchev–Trinajstić information content (AvgIpc) is 2.96. The Morgan fingerprint density at radius 2 is 1.05 bits per heavy atom. The van der Waals surface area contributed by atoms with Gasteiger partial charge in [0.2, 0.25) is 0 Å². The van der Waals surface area contributed by atoms with Gasteiger partial charge in [-0.25, -0.2) is 14.4 Å². The van der Waals surface area contributed by atoms with Crippen molar-refractivity contribution in [1.29, 1.82) is 0 Å². The van der Waals surface area contributed by atoms with Gasteiger partial charge in [0.15, 0.2) is 24.5 Å². The Kier molecular flexibility index (Phi) is 9.65. The molecule has 4 rings (SSSR count). The zero-order chi connectivity index (χ0) is 28.7. The number of hydrogen-bond donors (Lipinski definition) is 1. The first-order chi connectivity index (χ1) is 19.1. The molecule has 4 atom stereocenters. The second kappa shape index (κ2) is 13.1. The van der Waals surface area contributed by atoms with Crippen LogP contribution in [0.2, 0.25) is 0 Å². The van der Waals surface area contributed by atoms with Gasteiger partial charge in [-0.15, -0.1) is 0 Å². The molecule has 0 bridgehead atoms. The summed E-state index contributed by atoms with van der Waals surface area (Å²) in [7, 11) is 0. The van der Waals surface area contributed by atoms with Crippen LogP contribution in [0.4, 0.5) is 0 Å². The molecular formula is C28H22Cl3NO8. The minimum absolute atomic E-state index is 0.158. The van der Waals surface area contributed by atoms with Crippen molar-refractivity contribution in [2.24, 2.45) is 0 Å². The molecule has 0 aromatic heterocycles. The summed E-state index contributed by atoms with van der Waals surface area (Å²) < 4.78 is 20.4. The van der Waals surface area contributed by atoms with E-state index in [9.17, 15) is 19.2 Å². The number of rotatable bonds is 7. The van der Waals surface area contributed by atoms with Crippen LogP contribution in [0.5, 0.6) is 0 Å². The highest BCUT2D eigenvalue weighted by Gasteiger charge is 2.49. The molecule has 1 aliphatic rings. The lowest BCUT2D eigenvalue weighted by molar-refractivity contribution is -0.198. The number of carbonyl (C=O) groups is 4. The van der Waals surface area contributed by atoms with Crippen LogP contribution in [0.3, 0.4) is 0 Å². The summed E-state index contributed by atoms with van der Waals surface area (Å²) in [6, 6.07) is 24.0. The van der Waals surface area contributed by atoms with Crippen LogP contribution >= 0.6 is 34.8 Å². The molecule has 1 saturated heterocycles. The maximum atomic E-state index is 13.1. The fourth-order valence-corrected chi connectivity index (χ4v) is 3.95. The van der Waals surface area contributed by atoms with Crippen molar-refractivity contribution < 1.29 is 38.1 Å². The summed E-state index contributed by atoms with van der Waals surface area (Å²) in [6.45, 7) is -0.366. The molecule has 208 valence electrons. The van der Waals surface area contributed by atoms with E-state index in [4.69, 9.17) is 53.8 Å².